The quantitative estimate of drug-likeness (QED) is 0.517. The first-order valence-electron chi connectivity index (χ1n) is 8.36. The highest BCUT2D eigenvalue weighted by Gasteiger charge is 2.42. The average molecular weight is 404 g/mol. The molecule has 6 nitrogen and oxygen atoms in total. The molecular formula is C20H15F3N2O4. The highest BCUT2D eigenvalue weighted by atomic mass is 19.4. The van der Waals surface area contributed by atoms with Gasteiger partial charge < -0.3 is 15.2 Å². The summed E-state index contributed by atoms with van der Waals surface area (Å²) in [7, 11) is 0. The van der Waals surface area contributed by atoms with Crippen LogP contribution in [0.1, 0.15) is 21.6 Å². The molecule has 0 aliphatic rings. The summed E-state index contributed by atoms with van der Waals surface area (Å²) in [6.45, 7) is 1.90. The van der Waals surface area contributed by atoms with Gasteiger partial charge in [-0.25, -0.2) is 4.79 Å². The number of rotatable bonds is 5. The van der Waals surface area contributed by atoms with Gasteiger partial charge in [-0.2, -0.15) is 13.2 Å². The van der Waals surface area contributed by atoms with Crippen LogP contribution in [0.4, 0.5) is 13.2 Å². The topological polar surface area (TPSA) is 91.5 Å². The van der Waals surface area contributed by atoms with E-state index in [1.165, 1.54) is 6.07 Å². The average Bonchev–Trinajstić information content (AvgIpc) is 2.65. The molecule has 0 aliphatic heterocycles. The van der Waals surface area contributed by atoms with Crippen molar-refractivity contribution in [2.75, 3.05) is 0 Å². The summed E-state index contributed by atoms with van der Waals surface area (Å²) in [6.07, 6.45) is -5.22. The van der Waals surface area contributed by atoms with Crippen LogP contribution in [-0.4, -0.2) is 23.0 Å². The zero-order valence-electron chi connectivity index (χ0n) is 15.1. The van der Waals surface area contributed by atoms with E-state index in [0.717, 1.165) is 34.3 Å². The van der Waals surface area contributed by atoms with Crippen molar-refractivity contribution in [3.05, 3.63) is 65.4 Å². The molecule has 0 fully saturated rings. The molecule has 1 amide bonds. The van der Waals surface area contributed by atoms with Crippen LogP contribution in [-0.2, 0) is 11.4 Å². The fourth-order valence-corrected chi connectivity index (χ4v) is 2.71. The lowest BCUT2D eigenvalue weighted by atomic mass is 10.1. The molecule has 1 aromatic heterocycles. The predicted octanol–water partition coefficient (Wildman–Crippen LogP) is 3.69. The lowest BCUT2D eigenvalue weighted by molar-refractivity contribution is -0.189. The minimum Gasteiger partial charge on any atom is -0.489 e. The fourth-order valence-electron chi connectivity index (χ4n) is 2.71. The zero-order chi connectivity index (χ0) is 21.2. The first-order valence-corrected chi connectivity index (χ1v) is 8.36. The fraction of sp³-hybridized carbons (Fsp3) is 0.150. The molecule has 3 aromatic rings. The Kier molecular flexibility index (Phi) is 5.40. The minimum absolute atomic E-state index is 0.0758. The molecule has 150 valence electrons. The van der Waals surface area contributed by atoms with Gasteiger partial charge >= 0.3 is 12.1 Å². The Balaban J connectivity index is 1.88. The van der Waals surface area contributed by atoms with E-state index in [1.807, 2.05) is 37.3 Å². The summed E-state index contributed by atoms with van der Waals surface area (Å²) in [4.78, 5) is 27.0. The molecule has 1 heterocycles. The summed E-state index contributed by atoms with van der Waals surface area (Å²) >= 11 is 0. The lowest BCUT2D eigenvalue weighted by Gasteiger charge is -2.13. The number of ether oxygens (including phenoxy) is 2. The summed E-state index contributed by atoms with van der Waals surface area (Å²) in [6, 6.07) is 12.7. The van der Waals surface area contributed by atoms with E-state index in [-0.39, 0.29) is 17.9 Å². The first-order chi connectivity index (χ1) is 13.6. The maximum absolute atomic E-state index is 12.5. The number of halogens is 3. The number of primary amides is 1. The van der Waals surface area contributed by atoms with Gasteiger partial charge in [0.1, 0.15) is 18.1 Å². The summed E-state index contributed by atoms with van der Waals surface area (Å²) in [5.41, 5.74) is 7.11. The molecule has 2 aromatic carbocycles. The van der Waals surface area contributed by atoms with E-state index in [4.69, 9.17) is 10.5 Å². The number of aromatic nitrogens is 1. The first kappa shape index (κ1) is 20.1. The number of alkyl halides is 3. The highest BCUT2D eigenvalue weighted by Crippen LogP contribution is 2.28. The van der Waals surface area contributed by atoms with E-state index < -0.39 is 23.8 Å². The molecule has 0 aliphatic carbocycles. The Morgan fingerprint density at radius 1 is 1.10 bits per heavy atom. The van der Waals surface area contributed by atoms with E-state index in [9.17, 15) is 22.8 Å². The number of hydrogen-bond donors (Lipinski definition) is 1. The molecule has 0 saturated carbocycles. The molecule has 0 unspecified atom stereocenters. The number of pyridine rings is 1. The molecule has 0 radical (unpaired) electrons. The maximum Gasteiger partial charge on any atom is 0.491 e. The number of fused-ring (bicyclic) bond motifs is 1. The van der Waals surface area contributed by atoms with Crippen molar-refractivity contribution in [2.45, 2.75) is 19.7 Å². The number of hydrogen-bond acceptors (Lipinski definition) is 5. The van der Waals surface area contributed by atoms with Crippen LogP contribution in [0.3, 0.4) is 0 Å². The lowest BCUT2D eigenvalue weighted by Crippen LogP contribution is -2.29. The third kappa shape index (κ3) is 4.63. The van der Waals surface area contributed by atoms with Gasteiger partial charge in [0.15, 0.2) is 0 Å². The van der Waals surface area contributed by atoms with Crippen LogP contribution in [0.15, 0.2) is 48.5 Å². The maximum atomic E-state index is 12.5. The number of nitrogens with zero attached hydrogens (tertiary/aromatic N) is 1. The summed E-state index contributed by atoms with van der Waals surface area (Å²) < 4.78 is 47.4. The van der Waals surface area contributed by atoms with Gasteiger partial charge in [0.2, 0.25) is 0 Å². The molecule has 0 bridgehead atoms. The second kappa shape index (κ2) is 7.78. The smallest absolute Gasteiger partial charge is 0.489 e. The SMILES string of the molecule is Cc1cc(COc2ccc(C(N)=O)c(OC(=O)C(F)(F)F)c2)c2ccccc2n1. The molecule has 0 atom stereocenters. The van der Waals surface area contributed by atoms with Crippen LogP contribution in [0.5, 0.6) is 11.5 Å². The largest absolute Gasteiger partial charge is 0.491 e. The minimum atomic E-state index is -5.22. The molecule has 0 saturated heterocycles. The van der Waals surface area contributed by atoms with Crippen LogP contribution < -0.4 is 15.2 Å². The van der Waals surface area contributed by atoms with Crippen molar-refractivity contribution in [1.82, 2.24) is 4.98 Å². The standard InChI is InChI=1S/C20H15F3N2O4/c1-11-8-12(14-4-2-3-5-16(14)25-11)10-28-13-6-7-15(18(24)26)17(9-13)29-19(27)20(21,22)23/h2-9H,10H2,1H3,(H2,24,26). The second-order valence-electron chi connectivity index (χ2n) is 6.14. The number of aryl methyl sites for hydroxylation is 1. The Morgan fingerprint density at radius 2 is 1.83 bits per heavy atom. The van der Waals surface area contributed by atoms with Gasteiger partial charge in [0.05, 0.1) is 11.1 Å². The van der Waals surface area contributed by atoms with Gasteiger partial charge in [-0.3, -0.25) is 9.78 Å². The molecule has 9 heteroatoms. The van der Waals surface area contributed by atoms with Gasteiger partial charge in [-0.15, -0.1) is 0 Å². The van der Waals surface area contributed by atoms with Crippen molar-refractivity contribution in [2.24, 2.45) is 5.73 Å². The van der Waals surface area contributed by atoms with Gasteiger partial charge in [-0.1, -0.05) is 18.2 Å². The van der Waals surface area contributed by atoms with Crippen molar-refractivity contribution in [3.8, 4) is 11.5 Å². The third-order valence-electron chi connectivity index (χ3n) is 3.98. The van der Waals surface area contributed by atoms with Crippen LogP contribution in [0.2, 0.25) is 0 Å². The Morgan fingerprint density at radius 3 is 2.52 bits per heavy atom. The van der Waals surface area contributed by atoms with Crippen LogP contribution in [0.25, 0.3) is 10.9 Å². The van der Waals surface area contributed by atoms with Gasteiger partial charge in [-0.05, 0) is 31.2 Å². The monoisotopic (exact) mass is 404 g/mol. The molecular weight excluding hydrogens is 389 g/mol. The number of carbonyl (C=O) groups excluding carboxylic acids is 2. The molecule has 29 heavy (non-hydrogen) atoms. The number of esters is 1. The predicted molar refractivity (Wildman–Crippen MR) is 97.5 cm³/mol. The van der Waals surface area contributed by atoms with E-state index in [1.54, 1.807) is 0 Å². The summed E-state index contributed by atoms with van der Waals surface area (Å²) in [5.74, 6) is -4.04. The van der Waals surface area contributed by atoms with E-state index >= 15 is 0 Å². The van der Waals surface area contributed by atoms with E-state index in [0.29, 0.717) is 0 Å². The Bertz CT molecular complexity index is 1100. The van der Waals surface area contributed by atoms with E-state index in [2.05, 4.69) is 9.72 Å². The normalized spacial score (nSPS) is 11.3. The molecule has 0 spiro atoms. The Hall–Kier alpha value is -3.62. The van der Waals surface area contributed by atoms with Crippen molar-refractivity contribution < 1.29 is 32.2 Å². The van der Waals surface area contributed by atoms with Crippen molar-refractivity contribution in [1.29, 1.82) is 0 Å². The van der Waals surface area contributed by atoms with Gasteiger partial charge in [0.25, 0.3) is 5.91 Å². The van der Waals surface area contributed by atoms with Crippen LogP contribution in [0, 0.1) is 6.92 Å². The number of nitrogens with two attached hydrogens (primary N) is 1. The highest BCUT2D eigenvalue weighted by molar-refractivity contribution is 5.97. The molecule has 2 N–H and O–H groups in total. The second-order valence-corrected chi connectivity index (χ2v) is 6.14. The van der Waals surface area contributed by atoms with Crippen molar-refractivity contribution >= 4 is 22.8 Å². The molecule has 3 rings (SSSR count). The Labute approximate surface area is 163 Å². The summed E-state index contributed by atoms with van der Waals surface area (Å²) in [5, 5.41) is 0.857. The van der Waals surface area contributed by atoms with Crippen LogP contribution >= 0.6 is 0 Å². The number of para-hydroxylation sites is 1. The van der Waals surface area contributed by atoms with Gasteiger partial charge in [0, 0.05) is 22.7 Å². The number of benzene rings is 2. The zero-order valence-corrected chi connectivity index (χ0v) is 15.1. The number of amides is 1. The third-order valence-corrected chi connectivity index (χ3v) is 3.98. The number of carbonyl (C=O) groups is 2. The van der Waals surface area contributed by atoms with Crippen molar-refractivity contribution in [3.63, 3.8) is 0 Å².